The Labute approximate surface area is 86.1 Å². The van der Waals surface area contributed by atoms with Crippen LogP contribution in [0, 0.1) is 5.92 Å². The van der Waals surface area contributed by atoms with E-state index in [1.165, 1.54) is 44.9 Å². The molecule has 0 heterocycles. The average Bonchev–Trinajstić information content (AvgIpc) is 2.14. The van der Waals surface area contributed by atoms with Gasteiger partial charge in [-0.25, -0.2) is 0 Å². The fourth-order valence-electron chi connectivity index (χ4n) is 0.854. The monoisotopic (exact) mass is 186 g/mol. The van der Waals surface area contributed by atoms with Crippen LogP contribution in [0.25, 0.3) is 0 Å². The third-order valence-electron chi connectivity index (χ3n) is 2.27. The SMILES string of the molecule is CCC(C)C.CCCCCCCC. The van der Waals surface area contributed by atoms with Crippen molar-refractivity contribution in [1.82, 2.24) is 0 Å². The molecule has 0 rings (SSSR count). The maximum absolute atomic E-state index is 2.26. The molecule has 0 heteroatoms. The van der Waals surface area contributed by atoms with Gasteiger partial charge < -0.3 is 0 Å². The summed E-state index contributed by atoms with van der Waals surface area (Å²) in [5.41, 5.74) is 0. The van der Waals surface area contributed by atoms with Crippen LogP contribution in [0.15, 0.2) is 0 Å². The van der Waals surface area contributed by atoms with Crippen molar-refractivity contribution in [2.75, 3.05) is 0 Å². The molecule has 0 aromatic rings. The summed E-state index contributed by atoms with van der Waals surface area (Å²) in [7, 11) is 0. The molecule has 0 unspecified atom stereocenters. The van der Waals surface area contributed by atoms with Gasteiger partial charge in [0.05, 0.1) is 0 Å². The average molecular weight is 186 g/mol. The molecule has 0 N–H and O–H groups in total. The van der Waals surface area contributed by atoms with E-state index < -0.39 is 0 Å². The Morgan fingerprint density at radius 1 is 0.692 bits per heavy atom. The van der Waals surface area contributed by atoms with E-state index >= 15 is 0 Å². The molecule has 82 valence electrons. The molecule has 0 aliphatic rings. The van der Waals surface area contributed by atoms with Crippen LogP contribution in [-0.4, -0.2) is 0 Å². The van der Waals surface area contributed by atoms with Crippen molar-refractivity contribution < 1.29 is 0 Å². The van der Waals surface area contributed by atoms with E-state index in [0.717, 1.165) is 5.92 Å². The predicted molar refractivity (Wildman–Crippen MR) is 64.2 cm³/mol. The van der Waals surface area contributed by atoms with Gasteiger partial charge in [-0.05, 0) is 5.92 Å². The van der Waals surface area contributed by atoms with Crippen LogP contribution in [0.5, 0.6) is 0 Å². The molecule has 0 atom stereocenters. The van der Waals surface area contributed by atoms with Gasteiger partial charge in [0.25, 0.3) is 0 Å². The zero-order valence-electron chi connectivity index (χ0n) is 10.5. The molecule has 0 spiro atoms. The van der Waals surface area contributed by atoms with E-state index in [-0.39, 0.29) is 0 Å². The summed E-state index contributed by atoms with van der Waals surface area (Å²) in [6.45, 7) is 11.2. The highest BCUT2D eigenvalue weighted by molar-refractivity contribution is 4.39. The van der Waals surface area contributed by atoms with E-state index in [2.05, 4.69) is 34.6 Å². The Morgan fingerprint density at radius 2 is 1.00 bits per heavy atom. The molecule has 0 aliphatic heterocycles. The van der Waals surface area contributed by atoms with E-state index in [9.17, 15) is 0 Å². The molecule has 0 fully saturated rings. The lowest BCUT2D eigenvalue weighted by molar-refractivity contribution is 0.624. The van der Waals surface area contributed by atoms with Crippen LogP contribution in [-0.2, 0) is 0 Å². The Morgan fingerprint density at radius 3 is 1.15 bits per heavy atom. The molecule has 0 amide bonds. The van der Waals surface area contributed by atoms with Crippen molar-refractivity contribution in [2.45, 2.75) is 79.6 Å². The Bertz CT molecular complexity index is 58.4. The lowest BCUT2D eigenvalue weighted by atomic mass is 10.1. The van der Waals surface area contributed by atoms with Gasteiger partial charge >= 0.3 is 0 Å². The van der Waals surface area contributed by atoms with Gasteiger partial charge in [0.1, 0.15) is 0 Å². The normalized spacial score (nSPS) is 9.69. The van der Waals surface area contributed by atoms with Gasteiger partial charge in [0.2, 0.25) is 0 Å². The number of hydrogen-bond acceptors (Lipinski definition) is 0. The van der Waals surface area contributed by atoms with Crippen LogP contribution < -0.4 is 0 Å². The smallest absolute Gasteiger partial charge is 0.0474 e. The van der Waals surface area contributed by atoms with Crippen LogP contribution >= 0.6 is 0 Å². The van der Waals surface area contributed by atoms with Gasteiger partial charge in [0.15, 0.2) is 0 Å². The molecular formula is C13H30. The highest BCUT2D eigenvalue weighted by Gasteiger charge is 1.83. The number of rotatable bonds is 6. The first-order chi connectivity index (χ1) is 6.18. The zero-order valence-corrected chi connectivity index (χ0v) is 10.5. The molecule has 0 bridgehead atoms. The highest BCUT2D eigenvalue weighted by Crippen LogP contribution is 2.03. The van der Waals surface area contributed by atoms with Crippen molar-refractivity contribution in [1.29, 1.82) is 0 Å². The van der Waals surface area contributed by atoms with Crippen LogP contribution in [0.3, 0.4) is 0 Å². The Kier molecular flexibility index (Phi) is 17.3. The Balaban J connectivity index is 0. The summed E-state index contributed by atoms with van der Waals surface area (Å²) in [5.74, 6) is 0.884. The maximum atomic E-state index is 2.26. The Hall–Kier alpha value is 0. The first kappa shape index (κ1) is 15.5. The molecule has 0 saturated carbocycles. The van der Waals surface area contributed by atoms with Crippen molar-refractivity contribution >= 4 is 0 Å². The molecular weight excluding hydrogens is 156 g/mol. The van der Waals surface area contributed by atoms with Crippen LogP contribution in [0.2, 0.25) is 0 Å². The third kappa shape index (κ3) is 24.5. The number of unbranched alkanes of at least 4 members (excludes halogenated alkanes) is 5. The van der Waals surface area contributed by atoms with Gasteiger partial charge in [-0.2, -0.15) is 0 Å². The minimum Gasteiger partial charge on any atom is -0.0654 e. The molecule has 0 aliphatic carbocycles. The molecule has 0 nitrogen and oxygen atoms in total. The molecule has 0 aromatic heterocycles. The summed E-state index contributed by atoms with van der Waals surface area (Å²) in [5, 5.41) is 0. The largest absolute Gasteiger partial charge is 0.0654 e. The van der Waals surface area contributed by atoms with Gasteiger partial charge in [-0.1, -0.05) is 79.6 Å². The number of hydrogen-bond donors (Lipinski definition) is 0. The summed E-state index contributed by atoms with van der Waals surface area (Å²) in [4.78, 5) is 0. The summed E-state index contributed by atoms with van der Waals surface area (Å²) >= 11 is 0. The molecule has 13 heavy (non-hydrogen) atoms. The lowest BCUT2D eigenvalue weighted by Crippen LogP contribution is -1.77. The zero-order chi connectivity index (χ0) is 10.5. The fourth-order valence-corrected chi connectivity index (χ4v) is 0.854. The highest BCUT2D eigenvalue weighted by atomic mass is 13.9. The van der Waals surface area contributed by atoms with E-state index in [4.69, 9.17) is 0 Å². The summed E-state index contributed by atoms with van der Waals surface area (Å²) in [6, 6.07) is 0. The van der Waals surface area contributed by atoms with Crippen molar-refractivity contribution in [2.24, 2.45) is 5.92 Å². The van der Waals surface area contributed by atoms with Crippen LogP contribution in [0.1, 0.15) is 79.6 Å². The first-order valence-corrected chi connectivity index (χ1v) is 6.18. The van der Waals surface area contributed by atoms with Gasteiger partial charge in [-0.15, -0.1) is 0 Å². The summed E-state index contributed by atoms with van der Waals surface area (Å²) < 4.78 is 0. The first-order valence-electron chi connectivity index (χ1n) is 6.18. The minimum absolute atomic E-state index is 0.884. The van der Waals surface area contributed by atoms with Crippen molar-refractivity contribution in [3.8, 4) is 0 Å². The second-order valence-corrected chi connectivity index (χ2v) is 4.22. The molecule has 0 radical (unpaired) electrons. The summed E-state index contributed by atoms with van der Waals surface area (Å²) in [6.07, 6.45) is 9.79. The predicted octanol–water partition coefficient (Wildman–Crippen LogP) is 5.42. The van der Waals surface area contributed by atoms with Crippen molar-refractivity contribution in [3.05, 3.63) is 0 Å². The second-order valence-electron chi connectivity index (χ2n) is 4.22. The van der Waals surface area contributed by atoms with Gasteiger partial charge in [-0.3, -0.25) is 0 Å². The fraction of sp³-hybridized carbons (Fsp3) is 1.00. The molecule has 0 aromatic carbocycles. The standard InChI is InChI=1S/C8H18.C5H12/c1-3-5-7-8-6-4-2;1-4-5(2)3/h3-8H2,1-2H3;5H,4H2,1-3H3. The van der Waals surface area contributed by atoms with Crippen LogP contribution in [0.4, 0.5) is 0 Å². The topological polar surface area (TPSA) is 0 Å². The van der Waals surface area contributed by atoms with Gasteiger partial charge in [0, 0.05) is 0 Å². The third-order valence-corrected chi connectivity index (χ3v) is 2.27. The van der Waals surface area contributed by atoms with Crippen molar-refractivity contribution in [3.63, 3.8) is 0 Å². The van der Waals surface area contributed by atoms with E-state index in [1.54, 1.807) is 0 Å². The second kappa shape index (κ2) is 14.5. The lowest BCUT2D eigenvalue weighted by Gasteiger charge is -1.93. The minimum atomic E-state index is 0.884. The van der Waals surface area contributed by atoms with E-state index in [0.29, 0.717) is 0 Å². The quantitative estimate of drug-likeness (QED) is 0.486. The maximum Gasteiger partial charge on any atom is -0.0474 e. The van der Waals surface area contributed by atoms with E-state index in [1.807, 2.05) is 0 Å². The molecule has 0 saturated heterocycles.